The Hall–Kier alpha value is -2.06. The molecule has 0 aliphatic carbocycles. The standard InChI is InChI=1S/C16H23N5O2S/c1-23-9-6-17-16(22)18-12-4-7-21(8-5-12)15-11-13(19-20-15)14-3-2-10-24-14/h2-3,10-12H,4-9H2,1H3,(H,19,20)(H2,17,18,22). The van der Waals surface area contributed by atoms with Crippen LogP contribution in [-0.2, 0) is 4.74 Å². The molecule has 24 heavy (non-hydrogen) atoms. The summed E-state index contributed by atoms with van der Waals surface area (Å²) in [5.41, 5.74) is 1.05. The smallest absolute Gasteiger partial charge is 0.315 e. The van der Waals surface area contributed by atoms with Crippen molar-refractivity contribution < 1.29 is 9.53 Å². The minimum absolute atomic E-state index is 0.120. The summed E-state index contributed by atoms with van der Waals surface area (Å²) in [6.45, 7) is 2.83. The van der Waals surface area contributed by atoms with Gasteiger partial charge in [0.2, 0.25) is 0 Å². The van der Waals surface area contributed by atoms with Crippen LogP contribution in [0.15, 0.2) is 23.6 Å². The fourth-order valence-corrected chi connectivity index (χ4v) is 3.48. The Labute approximate surface area is 145 Å². The van der Waals surface area contributed by atoms with Crippen LogP contribution in [0.4, 0.5) is 10.6 Å². The van der Waals surface area contributed by atoms with Crippen LogP contribution in [0, 0.1) is 0 Å². The topological polar surface area (TPSA) is 82.3 Å². The van der Waals surface area contributed by atoms with E-state index in [1.807, 2.05) is 6.07 Å². The van der Waals surface area contributed by atoms with Gasteiger partial charge in [-0.2, -0.15) is 5.10 Å². The van der Waals surface area contributed by atoms with Gasteiger partial charge in [0.05, 0.1) is 17.2 Å². The lowest BCUT2D eigenvalue weighted by molar-refractivity contribution is 0.194. The number of urea groups is 1. The van der Waals surface area contributed by atoms with Gasteiger partial charge >= 0.3 is 6.03 Å². The molecule has 0 saturated carbocycles. The summed E-state index contributed by atoms with van der Waals surface area (Å²) in [5.74, 6) is 0.974. The van der Waals surface area contributed by atoms with Crippen molar-refractivity contribution in [1.82, 2.24) is 20.8 Å². The van der Waals surface area contributed by atoms with Crippen molar-refractivity contribution in [2.75, 3.05) is 38.3 Å². The number of nitrogens with zero attached hydrogens (tertiary/aromatic N) is 2. The predicted octanol–water partition coefficient (Wildman–Crippen LogP) is 2.05. The number of thiophene rings is 1. The van der Waals surface area contributed by atoms with E-state index < -0.39 is 0 Å². The van der Waals surface area contributed by atoms with Crippen LogP contribution in [0.2, 0.25) is 0 Å². The SMILES string of the molecule is COCCNC(=O)NC1CCN(c2cc(-c3cccs3)[nH]n2)CC1. The number of rotatable bonds is 6. The first-order chi connectivity index (χ1) is 11.8. The third-order valence-electron chi connectivity index (χ3n) is 4.10. The molecule has 0 aromatic carbocycles. The maximum absolute atomic E-state index is 11.8. The molecule has 3 N–H and O–H groups in total. The molecule has 0 bridgehead atoms. The van der Waals surface area contributed by atoms with Crippen molar-refractivity contribution in [3.63, 3.8) is 0 Å². The summed E-state index contributed by atoms with van der Waals surface area (Å²) in [6.07, 6.45) is 1.83. The number of carbonyl (C=O) groups is 1. The Kier molecular flexibility index (Phi) is 5.71. The molecule has 1 aliphatic heterocycles. The lowest BCUT2D eigenvalue weighted by Gasteiger charge is -2.32. The van der Waals surface area contributed by atoms with E-state index in [1.54, 1.807) is 18.4 Å². The highest BCUT2D eigenvalue weighted by Gasteiger charge is 2.22. The number of nitrogens with one attached hydrogen (secondary N) is 3. The molecule has 0 atom stereocenters. The molecule has 0 spiro atoms. The number of hydrogen-bond donors (Lipinski definition) is 3. The molecule has 2 aromatic rings. The summed E-state index contributed by atoms with van der Waals surface area (Å²) in [5, 5.41) is 15.4. The van der Waals surface area contributed by atoms with Gasteiger partial charge in [-0.15, -0.1) is 11.3 Å². The molecule has 1 aliphatic rings. The van der Waals surface area contributed by atoms with Crippen LogP contribution in [0.1, 0.15) is 12.8 Å². The van der Waals surface area contributed by atoms with E-state index in [0.29, 0.717) is 13.2 Å². The Morgan fingerprint density at radius 1 is 1.50 bits per heavy atom. The summed E-state index contributed by atoms with van der Waals surface area (Å²) < 4.78 is 4.92. The van der Waals surface area contributed by atoms with Crippen LogP contribution < -0.4 is 15.5 Å². The molecule has 1 saturated heterocycles. The second kappa shape index (κ2) is 8.16. The van der Waals surface area contributed by atoms with Crippen molar-refractivity contribution in [2.24, 2.45) is 0 Å². The molecule has 130 valence electrons. The zero-order chi connectivity index (χ0) is 16.8. The molecule has 2 amide bonds. The largest absolute Gasteiger partial charge is 0.383 e. The van der Waals surface area contributed by atoms with Gasteiger partial charge in [-0.25, -0.2) is 4.79 Å². The van der Waals surface area contributed by atoms with Crippen LogP contribution in [-0.4, -0.2) is 55.6 Å². The highest BCUT2D eigenvalue weighted by atomic mass is 32.1. The summed E-state index contributed by atoms with van der Waals surface area (Å²) in [7, 11) is 1.62. The monoisotopic (exact) mass is 349 g/mol. The van der Waals surface area contributed by atoms with Gasteiger partial charge in [0, 0.05) is 38.9 Å². The van der Waals surface area contributed by atoms with E-state index in [1.165, 1.54) is 4.88 Å². The van der Waals surface area contributed by atoms with Crippen LogP contribution in [0.5, 0.6) is 0 Å². The van der Waals surface area contributed by atoms with Gasteiger partial charge in [-0.3, -0.25) is 5.10 Å². The van der Waals surface area contributed by atoms with Gasteiger partial charge < -0.3 is 20.3 Å². The Morgan fingerprint density at radius 2 is 2.33 bits per heavy atom. The first kappa shape index (κ1) is 16.8. The zero-order valence-electron chi connectivity index (χ0n) is 13.7. The summed E-state index contributed by atoms with van der Waals surface area (Å²) in [4.78, 5) is 15.2. The average Bonchev–Trinajstić information content (AvgIpc) is 3.27. The number of ether oxygens (including phenoxy) is 1. The minimum Gasteiger partial charge on any atom is -0.383 e. The number of methoxy groups -OCH3 is 1. The molecule has 0 unspecified atom stereocenters. The van der Waals surface area contributed by atoms with E-state index in [-0.39, 0.29) is 12.1 Å². The first-order valence-electron chi connectivity index (χ1n) is 8.14. The fourth-order valence-electron chi connectivity index (χ4n) is 2.79. The number of H-pyrrole nitrogens is 1. The average molecular weight is 349 g/mol. The summed E-state index contributed by atoms with van der Waals surface area (Å²) in [6, 6.07) is 6.30. The number of carbonyl (C=O) groups excluding carboxylic acids is 1. The molecule has 8 heteroatoms. The highest BCUT2D eigenvalue weighted by molar-refractivity contribution is 7.13. The van der Waals surface area contributed by atoms with Crippen molar-refractivity contribution in [3.8, 4) is 10.6 Å². The molecule has 2 aromatic heterocycles. The van der Waals surface area contributed by atoms with Crippen molar-refractivity contribution >= 4 is 23.2 Å². The highest BCUT2D eigenvalue weighted by Crippen LogP contribution is 2.27. The van der Waals surface area contributed by atoms with Gasteiger partial charge in [-0.1, -0.05) is 6.07 Å². The van der Waals surface area contributed by atoms with E-state index in [4.69, 9.17) is 4.74 Å². The summed E-state index contributed by atoms with van der Waals surface area (Å²) >= 11 is 1.70. The van der Waals surface area contributed by atoms with Crippen molar-refractivity contribution in [1.29, 1.82) is 0 Å². The second-order valence-corrected chi connectivity index (χ2v) is 6.72. The second-order valence-electron chi connectivity index (χ2n) is 5.77. The number of anilines is 1. The number of piperidine rings is 1. The van der Waals surface area contributed by atoms with E-state index in [9.17, 15) is 4.79 Å². The van der Waals surface area contributed by atoms with Gasteiger partial charge in [0.25, 0.3) is 0 Å². The van der Waals surface area contributed by atoms with E-state index in [0.717, 1.165) is 37.4 Å². The molecular weight excluding hydrogens is 326 g/mol. The lowest BCUT2D eigenvalue weighted by atomic mass is 10.1. The number of amides is 2. The van der Waals surface area contributed by atoms with Crippen LogP contribution >= 0.6 is 11.3 Å². The Morgan fingerprint density at radius 3 is 3.04 bits per heavy atom. The molecular formula is C16H23N5O2S. The number of aromatic nitrogens is 2. The quantitative estimate of drug-likeness (QED) is 0.697. The zero-order valence-corrected chi connectivity index (χ0v) is 14.6. The van der Waals surface area contributed by atoms with E-state index in [2.05, 4.69) is 43.2 Å². The van der Waals surface area contributed by atoms with Gasteiger partial charge in [-0.05, 0) is 24.3 Å². The van der Waals surface area contributed by atoms with Gasteiger partial charge in [0.15, 0.2) is 5.82 Å². The normalized spacial score (nSPS) is 15.5. The predicted molar refractivity (Wildman–Crippen MR) is 95.5 cm³/mol. The molecule has 3 rings (SSSR count). The molecule has 0 radical (unpaired) electrons. The fraction of sp³-hybridized carbons (Fsp3) is 0.500. The third kappa shape index (κ3) is 4.27. The maximum atomic E-state index is 11.8. The molecule has 3 heterocycles. The van der Waals surface area contributed by atoms with Crippen molar-refractivity contribution in [3.05, 3.63) is 23.6 Å². The number of hydrogen-bond acceptors (Lipinski definition) is 5. The minimum atomic E-state index is -0.120. The van der Waals surface area contributed by atoms with E-state index >= 15 is 0 Å². The van der Waals surface area contributed by atoms with Crippen LogP contribution in [0.3, 0.4) is 0 Å². The van der Waals surface area contributed by atoms with Crippen LogP contribution in [0.25, 0.3) is 10.6 Å². The molecule has 1 fully saturated rings. The van der Waals surface area contributed by atoms with Gasteiger partial charge in [0.1, 0.15) is 0 Å². The Balaban J connectivity index is 1.46. The maximum Gasteiger partial charge on any atom is 0.315 e. The van der Waals surface area contributed by atoms with Crippen molar-refractivity contribution in [2.45, 2.75) is 18.9 Å². The third-order valence-corrected chi connectivity index (χ3v) is 5.00. The number of aromatic amines is 1. The molecule has 7 nitrogen and oxygen atoms in total. The Bertz CT molecular complexity index is 635. The lowest BCUT2D eigenvalue weighted by Crippen LogP contribution is -2.48. The first-order valence-corrected chi connectivity index (χ1v) is 9.02.